The molecular weight excluding hydrogens is 340 g/mol. The number of rotatable bonds is 6. The minimum atomic E-state index is 0.195. The van der Waals surface area contributed by atoms with Crippen LogP contribution in [-0.2, 0) is 0 Å². The van der Waals surface area contributed by atoms with E-state index in [1.165, 1.54) is 27.8 Å². The number of benzene rings is 3. The van der Waals surface area contributed by atoms with Crippen molar-refractivity contribution in [3.63, 3.8) is 0 Å². The quantitative estimate of drug-likeness (QED) is 0.388. The zero-order valence-corrected chi connectivity index (χ0v) is 17.0. The van der Waals surface area contributed by atoms with Gasteiger partial charge in [-0.25, -0.2) is 0 Å². The molecule has 1 aliphatic rings. The van der Waals surface area contributed by atoms with E-state index in [1.54, 1.807) is 0 Å². The highest BCUT2D eigenvalue weighted by Gasteiger charge is 2.31. The number of hydrogen-bond donors (Lipinski definition) is 1. The van der Waals surface area contributed by atoms with Crippen LogP contribution in [0.4, 0.5) is 5.69 Å². The van der Waals surface area contributed by atoms with Crippen LogP contribution in [-0.4, -0.2) is 19.8 Å². The van der Waals surface area contributed by atoms with E-state index in [0.29, 0.717) is 0 Å². The summed E-state index contributed by atoms with van der Waals surface area (Å²) in [6, 6.07) is 24.1. The molecule has 0 bridgehead atoms. The summed E-state index contributed by atoms with van der Waals surface area (Å²) in [6.07, 6.45) is 3.00. The van der Waals surface area contributed by atoms with Gasteiger partial charge in [0.25, 0.3) is 0 Å². The molecule has 142 valence electrons. The fourth-order valence-electron chi connectivity index (χ4n) is 4.31. The fraction of sp³-hybridized carbons (Fsp3) is 0.269. The molecule has 0 atom stereocenters. The van der Waals surface area contributed by atoms with Crippen LogP contribution in [0.5, 0.6) is 0 Å². The third kappa shape index (κ3) is 3.13. The first-order chi connectivity index (χ1) is 13.6. The highest BCUT2D eigenvalue weighted by atomic mass is 15.1. The highest BCUT2D eigenvalue weighted by Crippen LogP contribution is 2.48. The number of hydrogen-bond acceptors (Lipinski definition) is 2. The molecule has 0 aromatic heterocycles. The van der Waals surface area contributed by atoms with E-state index in [1.807, 2.05) is 0 Å². The van der Waals surface area contributed by atoms with E-state index in [2.05, 4.69) is 92.6 Å². The van der Waals surface area contributed by atoms with Crippen LogP contribution >= 0.6 is 0 Å². The molecule has 0 spiro atoms. The average Bonchev–Trinajstić information content (AvgIpc) is 3.06. The molecule has 4 rings (SSSR count). The Balaban J connectivity index is 1.90. The summed E-state index contributed by atoms with van der Waals surface area (Å²) < 4.78 is 0. The second kappa shape index (κ2) is 7.63. The summed E-state index contributed by atoms with van der Waals surface area (Å²) in [5.41, 5.74) is 9.61. The van der Waals surface area contributed by atoms with Gasteiger partial charge in [-0.05, 0) is 52.8 Å². The van der Waals surface area contributed by atoms with Gasteiger partial charge in [-0.3, -0.25) is 0 Å². The Morgan fingerprint density at radius 2 is 1.46 bits per heavy atom. The number of anilines is 1. The van der Waals surface area contributed by atoms with Crippen LogP contribution in [0, 0.1) is 5.41 Å². The van der Waals surface area contributed by atoms with Crippen molar-refractivity contribution in [2.45, 2.75) is 32.1 Å². The maximum absolute atomic E-state index is 8.82. The SMILES string of the molecule is CCCCC(=N)c1cc(N(C)C)ccc1C1c2ccccc2-c2ccccc21. The standard InChI is InChI=1S/C26H28N2/c1-4-5-14-25(27)24-17-18(28(2)3)15-16-23(24)26-21-12-8-6-10-19(21)20-11-7-9-13-22(20)26/h6-13,15-17,26-27H,4-5,14H2,1-3H3. The minimum Gasteiger partial charge on any atom is -0.378 e. The molecule has 0 heterocycles. The Labute approximate surface area is 168 Å². The van der Waals surface area contributed by atoms with Gasteiger partial charge in [-0.2, -0.15) is 0 Å². The van der Waals surface area contributed by atoms with Crippen molar-refractivity contribution in [1.29, 1.82) is 5.41 Å². The third-order valence-corrected chi connectivity index (χ3v) is 5.80. The molecule has 0 aliphatic heterocycles. The van der Waals surface area contributed by atoms with E-state index in [-0.39, 0.29) is 5.92 Å². The van der Waals surface area contributed by atoms with Gasteiger partial charge in [0.05, 0.1) is 0 Å². The first-order valence-corrected chi connectivity index (χ1v) is 10.2. The Morgan fingerprint density at radius 3 is 2.04 bits per heavy atom. The predicted octanol–water partition coefficient (Wildman–Crippen LogP) is 6.47. The van der Waals surface area contributed by atoms with Crippen LogP contribution in [0.15, 0.2) is 66.7 Å². The molecule has 0 radical (unpaired) electrons. The summed E-state index contributed by atoms with van der Waals surface area (Å²) in [4.78, 5) is 2.12. The zero-order chi connectivity index (χ0) is 19.7. The van der Waals surface area contributed by atoms with Crippen LogP contribution < -0.4 is 4.90 Å². The normalized spacial score (nSPS) is 12.5. The summed E-state index contributed by atoms with van der Waals surface area (Å²) in [6.45, 7) is 2.19. The highest BCUT2D eigenvalue weighted by molar-refractivity contribution is 6.01. The summed E-state index contributed by atoms with van der Waals surface area (Å²) in [5.74, 6) is 0.195. The van der Waals surface area contributed by atoms with Crippen LogP contribution in [0.25, 0.3) is 11.1 Å². The van der Waals surface area contributed by atoms with Gasteiger partial charge in [-0.15, -0.1) is 0 Å². The molecular formula is C26H28N2. The van der Waals surface area contributed by atoms with Crippen molar-refractivity contribution in [3.05, 3.63) is 89.0 Å². The molecule has 3 aromatic carbocycles. The zero-order valence-electron chi connectivity index (χ0n) is 17.0. The Morgan fingerprint density at radius 1 is 0.857 bits per heavy atom. The summed E-state index contributed by atoms with van der Waals surface area (Å²) in [5, 5.41) is 8.82. The lowest BCUT2D eigenvalue weighted by Crippen LogP contribution is -2.13. The Bertz CT molecular complexity index is 971. The van der Waals surface area contributed by atoms with E-state index in [9.17, 15) is 0 Å². The summed E-state index contributed by atoms with van der Waals surface area (Å²) in [7, 11) is 4.13. The lowest BCUT2D eigenvalue weighted by atomic mass is 9.84. The largest absolute Gasteiger partial charge is 0.378 e. The van der Waals surface area contributed by atoms with E-state index in [0.717, 1.165) is 36.2 Å². The first kappa shape index (κ1) is 18.5. The molecule has 0 saturated heterocycles. The van der Waals surface area contributed by atoms with Gasteiger partial charge in [0.2, 0.25) is 0 Å². The van der Waals surface area contributed by atoms with Crippen LogP contribution in [0.2, 0.25) is 0 Å². The molecule has 0 saturated carbocycles. The van der Waals surface area contributed by atoms with E-state index in [4.69, 9.17) is 5.41 Å². The molecule has 0 fully saturated rings. The Kier molecular flexibility index (Phi) is 5.04. The monoisotopic (exact) mass is 368 g/mol. The van der Waals surface area contributed by atoms with Crippen LogP contribution in [0.3, 0.4) is 0 Å². The smallest absolute Gasteiger partial charge is 0.0390 e. The van der Waals surface area contributed by atoms with Gasteiger partial charge in [-0.1, -0.05) is 67.9 Å². The number of fused-ring (bicyclic) bond motifs is 3. The molecule has 3 aromatic rings. The number of nitrogens with zero attached hydrogens (tertiary/aromatic N) is 1. The molecule has 2 heteroatoms. The topological polar surface area (TPSA) is 27.1 Å². The first-order valence-electron chi connectivity index (χ1n) is 10.2. The fourth-order valence-corrected chi connectivity index (χ4v) is 4.31. The Hall–Kier alpha value is -2.87. The molecule has 0 unspecified atom stereocenters. The van der Waals surface area contributed by atoms with E-state index < -0.39 is 0 Å². The van der Waals surface area contributed by atoms with Crippen molar-refractivity contribution in [1.82, 2.24) is 0 Å². The minimum absolute atomic E-state index is 0.195. The van der Waals surface area contributed by atoms with Gasteiger partial charge >= 0.3 is 0 Å². The third-order valence-electron chi connectivity index (χ3n) is 5.80. The van der Waals surface area contributed by atoms with Gasteiger partial charge in [0.15, 0.2) is 0 Å². The number of unbranched alkanes of at least 4 members (excludes halogenated alkanes) is 1. The van der Waals surface area contributed by atoms with Gasteiger partial charge < -0.3 is 10.3 Å². The predicted molar refractivity (Wildman–Crippen MR) is 120 cm³/mol. The second-order valence-corrected chi connectivity index (χ2v) is 7.86. The second-order valence-electron chi connectivity index (χ2n) is 7.86. The van der Waals surface area contributed by atoms with Crippen LogP contribution in [0.1, 0.15) is 54.4 Å². The van der Waals surface area contributed by atoms with Gasteiger partial charge in [0.1, 0.15) is 0 Å². The lowest BCUT2D eigenvalue weighted by molar-refractivity contribution is 0.831. The molecule has 0 amide bonds. The van der Waals surface area contributed by atoms with E-state index >= 15 is 0 Å². The molecule has 1 aliphatic carbocycles. The van der Waals surface area contributed by atoms with Crippen molar-refractivity contribution in [2.75, 3.05) is 19.0 Å². The van der Waals surface area contributed by atoms with Crippen molar-refractivity contribution in [2.24, 2.45) is 0 Å². The summed E-state index contributed by atoms with van der Waals surface area (Å²) >= 11 is 0. The van der Waals surface area contributed by atoms with Crippen molar-refractivity contribution >= 4 is 11.4 Å². The van der Waals surface area contributed by atoms with Crippen molar-refractivity contribution < 1.29 is 0 Å². The van der Waals surface area contributed by atoms with Crippen molar-refractivity contribution in [3.8, 4) is 11.1 Å². The van der Waals surface area contributed by atoms with Gasteiger partial charge in [0, 0.05) is 37.0 Å². The molecule has 1 N–H and O–H groups in total. The average molecular weight is 369 g/mol. The lowest BCUT2D eigenvalue weighted by Gasteiger charge is -2.22. The maximum Gasteiger partial charge on any atom is 0.0390 e. The number of nitrogens with one attached hydrogen (secondary N) is 1. The molecule has 28 heavy (non-hydrogen) atoms. The molecule has 2 nitrogen and oxygen atoms in total. The maximum atomic E-state index is 8.82.